The van der Waals surface area contributed by atoms with Crippen LogP contribution >= 0.6 is 45.8 Å². The van der Waals surface area contributed by atoms with Crippen molar-refractivity contribution in [1.29, 1.82) is 0 Å². The van der Waals surface area contributed by atoms with E-state index in [2.05, 4.69) is 15.6 Å². The van der Waals surface area contributed by atoms with Gasteiger partial charge in [0.1, 0.15) is 5.69 Å². The lowest BCUT2D eigenvalue weighted by atomic mass is 9.90. The molecule has 3 aromatic rings. The van der Waals surface area contributed by atoms with Crippen molar-refractivity contribution in [3.8, 4) is 0 Å². The molecule has 10 heteroatoms. The Hall–Kier alpha value is -1.78. The summed E-state index contributed by atoms with van der Waals surface area (Å²) in [6.07, 6.45) is -1.75. The quantitative estimate of drug-likeness (QED) is 0.306. The Kier molecular flexibility index (Phi) is 7.26. The van der Waals surface area contributed by atoms with Crippen molar-refractivity contribution in [1.82, 2.24) is 10.3 Å². The lowest BCUT2D eigenvalue weighted by molar-refractivity contribution is -0.140. The number of carbonyl (C=O) groups excluding carboxylic acids is 1. The maximum Gasteiger partial charge on any atom is 0.433 e. The van der Waals surface area contributed by atoms with Crippen LogP contribution in [0.4, 0.5) is 18.9 Å². The number of rotatable bonds is 4. The van der Waals surface area contributed by atoms with Gasteiger partial charge in [-0.25, -0.2) is 4.98 Å². The SMILES string of the molecule is O=C(N[C@H]1CC[C@@H](Nc2cc(C(F)(F)F)nc3ccc(Cl)cc23)CC1)c1cccc(Cl)c1I. The number of anilines is 1. The molecule has 33 heavy (non-hydrogen) atoms. The zero-order chi connectivity index (χ0) is 23.8. The fourth-order valence-corrected chi connectivity index (χ4v) is 4.96. The van der Waals surface area contributed by atoms with Gasteiger partial charge in [0.15, 0.2) is 0 Å². The summed E-state index contributed by atoms with van der Waals surface area (Å²) in [4.78, 5) is 16.4. The molecule has 1 heterocycles. The molecule has 1 saturated carbocycles. The number of fused-ring (bicyclic) bond motifs is 1. The molecule has 0 aliphatic heterocycles. The monoisotopic (exact) mass is 607 g/mol. The van der Waals surface area contributed by atoms with Gasteiger partial charge in [-0.2, -0.15) is 13.2 Å². The number of nitrogens with zero attached hydrogens (tertiary/aromatic N) is 1. The molecule has 1 aromatic heterocycles. The number of aromatic nitrogens is 1. The third-order valence-corrected chi connectivity index (χ3v) is 7.71. The summed E-state index contributed by atoms with van der Waals surface area (Å²) in [6, 6.07) is 10.8. The number of amides is 1. The second kappa shape index (κ2) is 9.84. The molecule has 2 aromatic carbocycles. The molecular weight excluding hydrogens is 589 g/mol. The van der Waals surface area contributed by atoms with E-state index in [0.29, 0.717) is 55.9 Å². The minimum atomic E-state index is -4.55. The zero-order valence-electron chi connectivity index (χ0n) is 17.1. The molecule has 0 saturated heterocycles. The van der Waals surface area contributed by atoms with E-state index in [0.717, 1.165) is 6.07 Å². The first-order valence-electron chi connectivity index (χ1n) is 10.3. The summed E-state index contributed by atoms with van der Waals surface area (Å²) in [5.41, 5.74) is 0.171. The van der Waals surface area contributed by atoms with E-state index >= 15 is 0 Å². The van der Waals surface area contributed by atoms with Gasteiger partial charge in [0.05, 0.1) is 16.1 Å². The van der Waals surface area contributed by atoms with Gasteiger partial charge in [-0.05, 0) is 84.7 Å². The van der Waals surface area contributed by atoms with Crippen molar-refractivity contribution in [3.05, 3.63) is 67.3 Å². The summed E-state index contributed by atoms with van der Waals surface area (Å²) in [7, 11) is 0. The third kappa shape index (κ3) is 5.66. The van der Waals surface area contributed by atoms with Crippen LogP contribution in [0.2, 0.25) is 10.0 Å². The van der Waals surface area contributed by atoms with Crippen LogP contribution in [0.5, 0.6) is 0 Å². The van der Waals surface area contributed by atoms with Gasteiger partial charge in [0.25, 0.3) is 5.91 Å². The van der Waals surface area contributed by atoms with Crippen LogP contribution in [0.15, 0.2) is 42.5 Å². The van der Waals surface area contributed by atoms with Crippen molar-refractivity contribution in [2.75, 3.05) is 5.32 Å². The molecule has 0 bridgehead atoms. The van der Waals surface area contributed by atoms with Crippen molar-refractivity contribution in [3.63, 3.8) is 0 Å². The van der Waals surface area contributed by atoms with Crippen molar-refractivity contribution in [2.45, 2.75) is 43.9 Å². The Morgan fingerprint density at radius 2 is 1.73 bits per heavy atom. The Bertz CT molecular complexity index is 1200. The fraction of sp³-hybridized carbons (Fsp3) is 0.304. The van der Waals surface area contributed by atoms with E-state index in [4.69, 9.17) is 23.2 Å². The highest BCUT2D eigenvalue weighted by Gasteiger charge is 2.34. The maximum atomic E-state index is 13.4. The topological polar surface area (TPSA) is 54.0 Å². The Morgan fingerprint density at radius 1 is 1.03 bits per heavy atom. The van der Waals surface area contributed by atoms with Gasteiger partial charge >= 0.3 is 6.18 Å². The van der Waals surface area contributed by atoms with Gasteiger partial charge in [-0.3, -0.25) is 4.79 Å². The fourth-order valence-electron chi connectivity index (χ4n) is 4.01. The van der Waals surface area contributed by atoms with Crippen LogP contribution in [-0.2, 0) is 6.18 Å². The van der Waals surface area contributed by atoms with Crippen molar-refractivity contribution < 1.29 is 18.0 Å². The molecule has 174 valence electrons. The molecule has 0 unspecified atom stereocenters. The maximum absolute atomic E-state index is 13.4. The van der Waals surface area contributed by atoms with E-state index in [9.17, 15) is 18.0 Å². The first kappa shape index (κ1) is 24.3. The van der Waals surface area contributed by atoms with Gasteiger partial charge in [-0.15, -0.1) is 0 Å². The van der Waals surface area contributed by atoms with Crippen LogP contribution in [0.1, 0.15) is 41.7 Å². The minimum Gasteiger partial charge on any atom is -0.382 e. The summed E-state index contributed by atoms with van der Waals surface area (Å²) in [5.74, 6) is -0.178. The lowest BCUT2D eigenvalue weighted by Crippen LogP contribution is -2.40. The van der Waals surface area contributed by atoms with E-state index < -0.39 is 11.9 Å². The molecule has 0 atom stereocenters. The normalized spacial score (nSPS) is 18.8. The van der Waals surface area contributed by atoms with Gasteiger partial charge in [0.2, 0.25) is 0 Å². The minimum absolute atomic E-state index is 0.0142. The molecule has 1 aliphatic rings. The van der Waals surface area contributed by atoms with Gasteiger partial charge in [-0.1, -0.05) is 29.3 Å². The number of nitrogens with one attached hydrogen (secondary N) is 2. The Labute approximate surface area is 212 Å². The highest BCUT2D eigenvalue weighted by Crippen LogP contribution is 2.35. The number of alkyl halides is 3. The molecule has 1 aliphatic carbocycles. The Balaban J connectivity index is 1.45. The molecule has 4 rings (SSSR count). The number of halogens is 6. The number of hydrogen-bond donors (Lipinski definition) is 2. The Morgan fingerprint density at radius 3 is 2.42 bits per heavy atom. The molecule has 0 spiro atoms. The van der Waals surface area contributed by atoms with Crippen LogP contribution in [-0.4, -0.2) is 23.0 Å². The molecule has 2 N–H and O–H groups in total. The summed E-state index contributed by atoms with van der Waals surface area (Å²) in [5, 5.41) is 7.80. The first-order valence-corrected chi connectivity index (χ1v) is 12.1. The number of benzene rings is 2. The molecule has 1 amide bonds. The number of pyridine rings is 1. The average Bonchev–Trinajstić information content (AvgIpc) is 2.76. The first-order chi connectivity index (χ1) is 15.6. The van der Waals surface area contributed by atoms with E-state index in [1.165, 1.54) is 12.1 Å². The molecule has 0 radical (unpaired) electrons. The average molecular weight is 608 g/mol. The lowest BCUT2D eigenvalue weighted by Gasteiger charge is -2.31. The molecule has 1 fully saturated rings. The van der Waals surface area contributed by atoms with Crippen LogP contribution in [0, 0.1) is 3.57 Å². The highest BCUT2D eigenvalue weighted by atomic mass is 127. The van der Waals surface area contributed by atoms with E-state index in [1.807, 2.05) is 22.6 Å². The second-order valence-corrected chi connectivity index (χ2v) is 9.90. The third-order valence-electron chi connectivity index (χ3n) is 5.68. The van der Waals surface area contributed by atoms with Crippen LogP contribution in [0.25, 0.3) is 10.9 Å². The van der Waals surface area contributed by atoms with Crippen molar-refractivity contribution >= 4 is 68.3 Å². The van der Waals surface area contributed by atoms with E-state index in [-0.39, 0.29) is 23.5 Å². The van der Waals surface area contributed by atoms with Crippen LogP contribution < -0.4 is 10.6 Å². The second-order valence-electron chi connectivity index (χ2n) is 7.98. The number of carbonyl (C=O) groups is 1. The molecule has 4 nitrogen and oxygen atoms in total. The molecular formula is C23H19Cl2F3IN3O. The predicted molar refractivity (Wildman–Crippen MR) is 133 cm³/mol. The predicted octanol–water partition coefficient (Wildman–Crippen LogP) is 7.32. The summed E-state index contributed by atoms with van der Waals surface area (Å²) >= 11 is 14.2. The smallest absolute Gasteiger partial charge is 0.382 e. The van der Waals surface area contributed by atoms with E-state index in [1.54, 1.807) is 24.3 Å². The van der Waals surface area contributed by atoms with Crippen molar-refractivity contribution in [2.24, 2.45) is 0 Å². The highest BCUT2D eigenvalue weighted by molar-refractivity contribution is 14.1. The van der Waals surface area contributed by atoms with Gasteiger partial charge in [0, 0.05) is 31.8 Å². The summed E-state index contributed by atoms with van der Waals surface area (Å²) in [6.45, 7) is 0. The summed E-state index contributed by atoms with van der Waals surface area (Å²) < 4.78 is 40.8. The standard InChI is InChI=1S/C23H19Cl2F3IN3O/c24-12-4-9-18-16(10-12)19(11-20(32-18)23(26,27)28)30-13-5-7-14(8-6-13)31-22(33)15-2-1-3-17(25)21(15)29/h1-4,9-11,13-14H,5-8H2,(H,30,32)(H,31,33)/t13-,14+. The zero-order valence-corrected chi connectivity index (χ0v) is 20.8. The van der Waals surface area contributed by atoms with Crippen LogP contribution in [0.3, 0.4) is 0 Å². The largest absolute Gasteiger partial charge is 0.433 e. The number of hydrogen-bond acceptors (Lipinski definition) is 3. The van der Waals surface area contributed by atoms with Gasteiger partial charge < -0.3 is 10.6 Å².